The van der Waals surface area contributed by atoms with Crippen molar-refractivity contribution >= 4 is 56.8 Å². The zero-order valence-corrected chi connectivity index (χ0v) is 17.0. The summed E-state index contributed by atoms with van der Waals surface area (Å²) < 4.78 is 4.88. The first kappa shape index (κ1) is 19.2. The van der Waals surface area contributed by atoms with Crippen LogP contribution in [-0.2, 0) is 9.59 Å². The number of anilines is 2. The van der Waals surface area contributed by atoms with Gasteiger partial charge in [0.2, 0.25) is 11.8 Å². The van der Waals surface area contributed by atoms with E-state index in [0.29, 0.717) is 16.7 Å². The second-order valence-electron chi connectivity index (χ2n) is 6.20. The summed E-state index contributed by atoms with van der Waals surface area (Å²) in [4.78, 5) is 31.7. The maximum Gasteiger partial charge on any atom is 0.236 e. The van der Waals surface area contributed by atoms with Gasteiger partial charge in [-0.3, -0.25) is 9.59 Å². The van der Waals surface area contributed by atoms with E-state index in [1.54, 1.807) is 13.0 Å². The van der Waals surface area contributed by atoms with Gasteiger partial charge in [-0.25, -0.2) is 4.98 Å². The fourth-order valence-corrected chi connectivity index (χ4v) is 4.08. The van der Waals surface area contributed by atoms with Gasteiger partial charge in [-0.1, -0.05) is 23.4 Å². The van der Waals surface area contributed by atoms with Gasteiger partial charge in [-0.2, -0.15) is 0 Å². The Morgan fingerprint density at radius 3 is 2.79 bits per heavy atom. The quantitative estimate of drug-likeness (QED) is 0.412. The molecule has 4 aromatic rings. The molecule has 0 atom stereocenters. The standard InChI is InChI=1S/C19H17N5O3S2/c1-11-6-16(24-27-11)22-17(25)9-28-10-18(26)23-19-21-15(8-29-19)13-7-20-14-5-3-2-4-12(13)14/h2-8,20H,9-10H2,1H3,(H,21,23,26)(H,22,24,25). The Morgan fingerprint density at radius 2 is 2.00 bits per heavy atom. The molecule has 3 heterocycles. The van der Waals surface area contributed by atoms with Gasteiger partial charge in [0, 0.05) is 34.1 Å². The predicted octanol–water partition coefficient (Wildman–Crippen LogP) is 3.90. The number of aryl methyl sites for hydroxylation is 1. The number of rotatable bonds is 7. The molecule has 0 fully saturated rings. The molecule has 3 N–H and O–H groups in total. The highest BCUT2D eigenvalue weighted by atomic mass is 32.2. The van der Waals surface area contributed by atoms with Crippen LogP contribution < -0.4 is 10.6 Å². The first-order valence-corrected chi connectivity index (χ1v) is 10.7. The molecule has 0 saturated carbocycles. The van der Waals surface area contributed by atoms with Crippen molar-refractivity contribution < 1.29 is 14.1 Å². The molecule has 0 unspecified atom stereocenters. The normalized spacial score (nSPS) is 10.9. The molecule has 3 aromatic heterocycles. The van der Waals surface area contributed by atoms with Crippen LogP contribution >= 0.6 is 23.1 Å². The van der Waals surface area contributed by atoms with E-state index in [9.17, 15) is 9.59 Å². The van der Waals surface area contributed by atoms with Crippen LogP contribution in [0.2, 0.25) is 0 Å². The van der Waals surface area contributed by atoms with Gasteiger partial charge in [0.15, 0.2) is 10.9 Å². The summed E-state index contributed by atoms with van der Waals surface area (Å²) in [6.07, 6.45) is 1.91. The molecule has 0 saturated heterocycles. The van der Waals surface area contributed by atoms with Crippen molar-refractivity contribution in [1.82, 2.24) is 15.1 Å². The summed E-state index contributed by atoms with van der Waals surface area (Å²) in [6, 6.07) is 9.61. The van der Waals surface area contributed by atoms with Gasteiger partial charge in [0.05, 0.1) is 17.2 Å². The number of nitrogens with zero attached hydrogens (tertiary/aromatic N) is 2. The molecule has 8 nitrogen and oxygen atoms in total. The Morgan fingerprint density at radius 1 is 1.21 bits per heavy atom. The van der Waals surface area contributed by atoms with E-state index in [0.717, 1.165) is 22.2 Å². The molecule has 10 heteroatoms. The van der Waals surface area contributed by atoms with Crippen LogP contribution in [0.4, 0.5) is 10.9 Å². The highest BCUT2D eigenvalue weighted by molar-refractivity contribution is 8.00. The van der Waals surface area contributed by atoms with Crippen molar-refractivity contribution in [2.75, 3.05) is 22.1 Å². The lowest BCUT2D eigenvalue weighted by atomic mass is 10.1. The molecule has 0 aliphatic heterocycles. The van der Waals surface area contributed by atoms with Crippen molar-refractivity contribution in [1.29, 1.82) is 0 Å². The van der Waals surface area contributed by atoms with E-state index >= 15 is 0 Å². The van der Waals surface area contributed by atoms with E-state index in [1.165, 1.54) is 23.1 Å². The van der Waals surface area contributed by atoms with Crippen molar-refractivity contribution in [3.05, 3.63) is 47.7 Å². The number of fused-ring (bicyclic) bond motifs is 1. The van der Waals surface area contributed by atoms with Crippen LogP contribution in [0.1, 0.15) is 5.76 Å². The summed E-state index contributed by atoms with van der Waals surface area (Å²) >= 11 is 2.57. The van der Waals surface area contributed by atoms with E-state index < -0.39 is 0 Å². The molecule has 2 amide bonds. The second kappa shape index (κ2) is 8.50. The lowest BCUT2D eigenvalue weighted by Gasteiger charge is -2.02. The maximum absolute atomic E-state index is 12.1. The van der Waals surface area contributed by atoms with Crippen LogP contribution in [0.25, 0.3) is 22.2 Å². The smallest absolute Gasteiger partial charge is 0.236 e. The molecule has 29 heavy (non-hydrogen) atoms. The molecule has 0 spiro atoms. The predicted molar refractivity (Wildman–Crippen MR) is 115 cm³/mol. The average molecular weight is 428 g/mol. The second-order valence-corrected chi connectivity index (χ2v) is 8.04. The molecular weight excluding hydrogens is 410 g/mol. The molecule has 0 aliphatic carbocycles. The third-order valence-electron chi connectivity index (χ3n) is 3.98. The number of carbonyl (C=O) groups is 2. The van der Waals surface area contributed by atoms with Crippen LogP contribution in [0.15, 0.2) is 46.4 Å². The summed E-state index contributed by atoms with van der Waals surface area (Å²) in [5, 5.41) is 12.6. The Hall–Kier alpha value is -3.11. The molecule has 0 aliphatic rings. The number of para-hydroxylation sites is 1. The number of aromatic amines is 1. The summed E-state index contributed by atoms with van der Waals surface area (Å²) in [5.74, 6) is 0.810. The highest BCUT2D eigenvalue weighted by Gasteiger charge is 2.12. The van der Waals surface area contributed by atoms with Gasteiger partial charge < -0.3 is 20.1 Å². The third kappa shape index (κ3) is 4.66. The molecule has 4 rings (SSSR count). The minimum Gasteiger partial charge on any atom is -0.360 e. The molecule has 148 valence electrons. The molecule has 0 bridgehead atoms. The van der Waals surface area contributed by atoms with E-state index in [-0.39, 0.29) is 23.3 Å². The monoisotopic (exact) mass is 427 g/mol. The number of H-pyrrole nitrogens is 1. The Labute approximate surface area is 174 Å². The topological polar surface area (TPSA) is 113 Å². The summed E-state index contributed by atoms with van der Waals surface area (Å²) in [6.45, 7) is 1.74. The van der Waals surface area contributed by atoms with E-state index in [1.807, 2.05) is 35.8 Å². The first-order chi connectivity index (χ1) is 14.1. The number of carbonyl (C=O) groups excluding carboxylic acids is 2. The highest BCUT2D eigenvalue weighted by Crippen LogP contribution is 2.30. The first-order valence-electron chi connectivity index (χ1n) is 8.71. The number of nitrogens with one attached hydrogen (secondary N) is 3. The Kier molecular flexibility index (Phi) is 5.63. The minimum atomic E-state index is -0.244. The number of aromatic nitrogens is 3. The van der Waals surface area contributed by atoms with E-state index in [2.05, 4.69) is 25.8 Å². The van der Waals surface area contributed by atoms with Gasteiger partial charge in [0.1, 0.15) is 5.76 Å². The van der Waals surface area contributed by atoms with Crippen LogP contribution in [0.3, 0.4) is 0 Å². The number of thiazole rings is 1. The number of thioether (sulfide) groups is 1. The van der Waals surface area contributed by atoms with Crippen LogP contribution in [0, 0.1) is 6.92 Å². The molecular formula is C19H17N5O3S2. The van der Waals surface area contributed by atoms with Crippen molar-refractivity contribution in [2.45, 2.75) is 6.92 Å². The van der Waals surface area contributed by atoms with Crippen LogP contribution in [0.5, 0.6) is 0 Å². The largest absolute Gasteiger partial charge is 0.360 e. The minimum absolute atomic E-state index is 0.137. The SMILES string of the molecule is Cc1cc(NC(=O)CSCC(=O)Nc2nc(-c3c[nH]c4ccccc34)cs2)no1. The molecule has 0 radical (unpaired) electrons. The number of hydrogen-bond donors (Lipinski definition) is 3. The fraction of sp³-hybridized carbons (Fsp3) is 0.158. The lowest BCUT2D eigenvalue weighted by molar-refractivity contribution is -0.114. The van der Waals surface area contributed by atoms with Crippen molar-refractivity contribution in [3.8, 4) is 11.3 Å². The van der Waals surface area contributed by atoms with Gasteiger partial charge in [-0.15, -0.1) is 23.1 Å². The summed E-state index contributed by atoms with van der Waals surface area (Å²) in [7, 11) is 0. The van der Waals surface area contributed by atoms with Gasteiger partial charge in [0.25, 0.3) is 0 Å². The maximum atomic E-state index is 12.1. The lowest BCUT2D eigenvalue weighted by Crippen LogP contribution is -2.18. The van der Waals surface area contributed by atoms with Crippen molar-refractivity contribution in [2.24, 2.45) is 0 Å². The average Bonchev–Trinajstić information content (AvgIpc) is 3.41. The van der Waals surface area contributed by atoms with Crippen molar-refractivity contribution in [3.63, 3.8) is 0 Å². The van der Waals surface area contributed by atoms with Gasteiger partial charge in [-0.05, 0) is 13.0 Å². The number of benzene rings is 1. The summed E-state index contributed by atoms with van der Waals surface area (Å²) in [5.41, 5.74) is 2.83. The Balaban J connectivity index is 1.27. The number of hydrogen-bond acceptors (Lipinski definition) is 7. The zero-order chi connectivity index (χ0) is 20.2. The van der Waals surface area contributed by atoms with E-state index in [4.69, 9.17) is 4.52 Å². The third-order valence-corrected chi connectivity index (χ3v) is 5.67. The fourth-order valence-electron chi connectivity index (χ4n) is 2.73. The Bertz CT molecular complexity index is 1160. The zero-order valence-electron chi connectivity index (χ0n) is 15.4. The van der Waals surface area contributed by atoms with Crippen LogP contribution in [-0.4, -0.2) is 38.4 Å². The van der Waals surface area contributed by atoms with Gasteiger partial charge >= 0.3 is 0 Å². The molecule has 1 aromatic carbocycles. The number of amides is 2.